The van der Waals surface area contributed by atoms with Crippen molar-refractivity contribution in [1.82, 2.24) is 9.62 Å². The predicted molar refractivity (Wildman–Crippen MR) is 78.6 cm³/mol. The second-order valence-corrected chi connectivity index (χ2v) is 6.77. The van der Waals surface area contributed by atoms with Gasteiger partial charge in [0, 0.05) is 19.6 Å². The molecule has 0 atom stereocenters. The van der Waals surface area contributed by atoms with Crippen molar-refractivity contribution in [2.75, 3.05) is 26.7 Å². The molecule has 1 N–H and O–H groups in total. The highest BCUT2D eigenvalue weighted by Crippen LogP contribution is 2.24. The zero-order chi connectivity index (χ0) is 15.5. The summed E-state index contributed by atoms with van der Waals surface area (Å²) in [5, 5.41) is 3.07. The molecule has 1 aliphatic rings. The van der Waals surface area contributed by atoms with Gasteiger partial charge in [0.15, 0.2) is 0 Å². The summed E-state index contributed by atoms with van der Waals surface area (Å²) in [5.41, 5.74) is 0.0772. The predicted octanol–water partition coefficient (Wildman–Crippen LogP) is 0.846. The van der Waals surface area contributed by atoms with E-state index < -0.39 is 16.0 Å². The molecule has 1 heterocycles. The third kappa shape index (κ3) is 3.09. The van der Waals surface area contributed by atoms with Crippen molar-refractivity contribution < 1.29 is 17.9 Å². The van der Waals surface area contributed by atoms with Crippen LogP contribution in [0.15, 0.2) is 29.2 Å². The van der Waals surface area contributed by atoms with E-state index in [1.807, 2.05) is 6.92 Å². The summed E-state index contributed by atoms with van der Waals surface area (Å²) in [4.78, 5) is 11.8. The molecule has 0 bridgehead atoms. The monoisotopic (exact) mass is 312 g/mol. The van der Waals surface area contributed by atoms with E-state index in [0.717, 1.165) is 6.42 Å². The Labute approximate surface area is 125 Å². The summed E-state index contributed by atoms with van der Waals surface area (Å²) in [6.07, 6.45) is 0.718. The standard InChI is InChI=1S/C14H20N2O4S/c1-3-8-16(11-9-15-10-11)21(18,19)13-7-5-4-6-12(13)14(17)20-2/h4-7,11,15H,3,8-10H2,1-2H3. The molecule has 1 aliphatic heterocycles. The number of rotatable bonds is 6. The van der Waals surface area contributed by atoms with Gasteiger partial charge in [-0.1, -0.05) is 19.1 Å². The summed E-state index contributed by atoms with van der Waals surface area (Å²) in [6, 6.07) is 6.11. The van der Waals surface area contributed by atoms with E-state index in [1.54, 1.807) is 12.1 Å². The van der Waals surface area contributed by atoms with Gasteiger partial charge in [-0.3, -0.25) is 0 Å². The van der Waals surface area contributed by atoms with Crippen molar-refractivity contribution in [3.05, 3.63) is 29.8 Å². The first-order chi connectivity index (χ1) is 10.0. The average Bonchev–Trinajstić information content (AvgIpc) is 2.44. The summed E-state index contributed by atoms with van der Waals surface area (Å²) in [6.45, 7) is 3.64. The Kier molecular flexibility index (Phi) is 4.97. The first kappa shape index (κ1) is 15.9. The summed E-state index contributed by atoms with van der Waals surface area (Å²) >= 11 is 0. The number of carbonyl (C=O) groups excluding carboxylic acids is 1. The molecule has 6 nitrogen and oxygen atoms in total. The van der Waals surface area contributed by atoms with E-state index in [1.165, 1.54) is 23.5 Å². The molecule has 0 amide bonds. The third-order valence-corrected chi connectivity index (χ3v) is 5.50. The van der Waals surface area contributed by atoms with Gasteiger partial charge >= 0.3 is 5.97 Å². The van der Waals surface area contributed by atoms with Crippen LogP contribution in [0, 0.1) is 0 Å². The van der Waals surface area contributed by atoms with Gasteiger partial charge in [0.2, 0.25) is 10.0 Å². The molecular weight excluding hydrogens is 292 g/mol. The Morgan fingerprint density at radius 3 is 2.57 bits per heavy atom. The summed E-state index contributed by atoms with van der Waals surface area (Å²) < 4.78 is 31.9. The van der Waals surface area contributed by atoms with E-state index >= 15 is 0 Å². The molecule has 0 unspecified atom stereocenters. The number of nitrogens with one attached hydrogen (secondary N) is 1. The van der Waals surface area contributed by atoms with Crippen molar-refractivity contribution in [1.29, 1.82) is 0 Å². The van der Waals surface area contributed by atoms with Crippen molar-refractivity contribution in [2.24, 2.45) is 0 Å². The van der Waals surface area contributed by atoms with E-state index in [9.17, 15) is 13.2 Å². The van der Waals surface area contributed by atoms with Gasteiger partial charge in [0.1, 0.15) is 0 Å². The second-order valence-electron chi connectivity index (χ2n) is 4.92. The molecule has 1 fully saturated rings. The van der Waals surface area contributed by atoms with Gasteiger partial charge < -0.3 is 10.1 Å². The van der Waals surface area contributed by atoms with Crippen LogP contribution in [0.4, 0.5) is 0 Å². The van der Waals surface area contributed by atoms with Crippen molar-refractivity contribution in [3.63, 3.8) is 0 Å². The second kappa shape index (κ2) is 6.55. The fourth-order valence-electron chi connectivity index (χ4n) is 2.29. The number of esters is 1. The number of benzene rings is 1. The summed E-state index contributed by atoms with van der Waals surface area (Å²) in [7, 11) is -2.48. The topological polar surface area (TPSA) is 75.7 Å². The zero-order valence-corrected chi connectivity index (χ0v) is 13.0. The molecule has 0 spiro atoms. The minimum absolute atomic E-state index is 0.0113. The van der Waals surface area contributed by atoms with Gasteiger partial charge in [-0.05, 0) is 18.6 Å². The van der Waals surface area contributed by atoms with Crippen molar-refractivity contribution >= 4 is 16.0 Å². The molecule has 1 aromatic rings. The number of hydrogen-bond donors (Lipinski definition) is 1. The van der Waals surface area contributed by atoms with Crippen LogP contribution in [0.5, 0.6) is 0 Å². The van der Waals surface area contributed by atoms with Gasteiger partial charge in [-0.25, -0.2) is 13.2 Å². The van der Waals surface area contributed by atoms with Gasteiger partial charge in [-0.15, -0.1) is 0 Å². The Morgan fingerprint density at radius 2 is 2.05 bits per heavy atom. The quantitative estimate of drug-likeness (QED) is 0.788. The molecule has 0 radical (unpaired) electrons. The van der Waals surface area contributed by atoms with Crippen molar-refractivity contribution in [3.8, 4) is 0 Å². The van der Waals surface area contributed by atoms with Crippen LogP contribution in [0.3, 0.4) is 0 Å². The highest BCUT2D eigenvalue weighted by Gasteiger charge is 2.36. The highest BCUT2D eigenvalue weighted by molar-refractivity contribution is 7.89. The fourth-order valence-corrected chi connectivity index (χ4v) is 4.19. The molecular formula is C14H20N2O4S. The maximum atomic E-state index is 12.9. The van der Waals surface area contributed by atoms with E-state index in [2.05, 4.69) is 10.1 Å². The minimum atomic E-state index is -3.72. The molecule has 0 saturated carbocycles. The Balaban J connectivity index is 2.44. The Morgan fingerprint density at radius 1 is 1.38 bits per heavy atom. The van der Waals surface area contributed by atoms with Crippen molar-refractivity contribution in [2.45, 2.75) is 24.3 Å². The lowest BCUT2D eigenvalue weighted by Crippen LogP contribution is -2.58. The van der Waals surface area contributed by atoms with E-state index in [4.69, 9.17) is 0 Å². The van der Waals surface area contributed by atoms with Crippen LogP contribution in [-0.2, 0) is 14.8 Å². The molecule has 1 saturated heterocycles. The van der Waals surface area contributed by atoms with Crippen LogP contribution < -0.4 is 5.32 Å². The number of methoxy groups -OCH3 is 1. The van der Waals surface area contributed by atoms with Gasteiger partial charge in [0.05, 0.1) is 23.6 Å². The summed E-state index contributed by atoms with van der Waals surface area (Å²) in [5.74, 6) is -0.641. The molecule has 7 heteroatoms. The zero-order valence-electron chi connectivity index (χ0n) is 12.2. The maximum Gasteiger partial charge on any atom is 0.339 e. The number of ether oxygens (including phenoxy) is 1. The van der Waals surface area contributed by atoms with E-state index in [-0.39, 0.29) is 16.5 Å². The molecule has 0 aromatic heterocycles. The average molecular weight is 312 g/mol. The minimum Gasteiger partial charge on any atom is -0.465 e. The smallest absolute Gasteiger partial charge is 0.339 e. The van der Waals surface area contributed by atoms with Crippen LogP contribution in [0.25, 0.3) is 0 Å². The third-order valence-electron chi connectivity index (χ3n) is 3.49. The first-order valence-corrected chi connectivity index (χ1v) is 8.36. The lowest BCUT2D eigenvalue weighted by Gasteiger charge is -2.37. The molecule has 0 aliphatic carbocycles. The highest BCUT2D eigenvalue weighted by atomic mass is 32.2. The van der Waals surface area contributed by atoms with Crippen LogP contribution in [0.1, 0.15) is 23.7 Å². The molecule has 2 rings (SSSR count). The molecule has 1 aromatic carbocycles. The number of hydrogen-bond acceptors (Lipinski definition) is 5. The largest absolute Gasteiger partial charge is 0.465 e. The van der Waals surface area contributed by atoms with Crippen LogP contribution >= 0.6 is 0 Å². The van der Waals surface area contributed by atoms with Crippen LogP contribution in [-0.4, -0.2) is 51.5 Å². The number of sulfonamides is 1. The Bertz CT molecular complexity index is 611. The number of nitrogens with zero attached hydrogens (tertiary/aromatic N) is 1. The van der Waals surface area contributed by atoms with Crippen LogP contribution in [0.2, 0.25) is 0 Å². The van der Waals surface area contributed by atoms with Gasteiger partial charge in [-0.2, -0.15) is 4.31 Å². The van der Waals surface area contributed by atoms with Gasteiger partial charge in [0.25, 0.3) is 0 Å². The molecule has 116 valence electrons. The lowest BCUT2D eigenvalue weighted by molar-refractivity contribution is 0.0596. The van der Waals surface area contributed by atoms with E-state index in [0.29, 0.717) is 19.6 Å². The lowest BCUT2D eigenvalue weighted by atomic mass is 10.2. The maximum absolute atomic E-state index is 12.9. The number of carbonyl (C=O) groups is 1. The molecule has 21 heavy (non-hydrogen) atoms. The normalized spacial score (nSPS) is 15.8. The fraction of sp³-hybridized carbons (Fsp3) is 0.500. The SMILES string of the molecule is CCCN(C1CNC1)S(=O)(=O)c1ccccc1C(=O)OC. The Hall–Kier alpha value is -1.44. The first-order valence-electron chi connectivity index (χ1n) is 6.92.